The van der Waals surface area contributed by atoms with Crippen LogP contribution in [0.15, 0.2) is 40.1 Å². The lowest BCUT2D eigenvalue weighted by Crippen LogP contribution is -2.29. The molecule has 4 nitrogen and oxygen atoms in total. The molecular formula is C26H34ClF3N4S. The predicted octanol–water partition coefficient (Wildman–Crippen LogP) is 5.91. The largest absolute Gasteiger partial charge is 0.416 e. The summed E-state index contributed by atoms with van der Waals surface area (Å²) < 4.78 is 41.1. The molecule has 2 aromatic rings. The zero-order valence-corrected chi connectivity index (χ0v) is 21.4. The van der Waals surface area contributed by atoms with E-state index >= 15 is 0 Å². The molecule has 1 saturated carbocycles. The Bertz CT molecular complexity index is 1030. The van der Waals surface area contributed by atoms with Crippen molar-refractivity contribution in [3.8, 4) is 0 Å². The van der Waals surface area contributed by atoms with E-state index in [0.29, 0.717) is 36.1 Å². The van der Waals surface area contributed by atoms with Crippen molar-refractivity contribution >= 4 is 35.5 Å². The summed E-state index contributed by atoms with van der Waals surface area (Å²) in [6, 6.07) is 9.83. The first-order chi connectivity index (χ1) is 16.4. The highest BCUT2D eigenvalue weighted by Gasteiger charge is 2.38. The van der Waals surface area contributed by atoms with Gasteiger partial charge in [-0.3, -0.25) is 0 Å². The Hall–Kier alpha value is -1.61. The number of alkyl halides is 3. The minimum Gasteiger partial charge on any atom is -0.385 e. The highest BCUT2D eigenvalue weighted by molar-refractivity contribution is 7.99. The van der Waals surface area contributed by atoms with Gasteiger partial charge in [-0.1, -0.05) is 24.2 Å². The number of nitrogens with one attached hydrogen (secondary N) is 2. The van der Waals surface area contributed by atoms with Gasteiger partial charge < -0.3 is 21.3 Å². The van der Waals surface area contributed by atoms with E-state index in [2.05, 4.69) is 33.7 Å². The molecule has 1 saturated heterocycles. The summed E-state index contributed by atoms with van der Waals surface area (Å²) >= 11 is 1.48. The lowest BCUT2D eigenvalue weighted by molar-refractivity contribution is -0.137. The first kappa shape index (κ1) is 26.5. The van der Waals surface area contributed by atoms with Crippen molar-refractivity contribution in [2.45, 2.75) is 60.5 Å². The van der Waals surface area contributed by atoms with Gasteiger partial charge in [-0.05, 0) is 73.5 Å². The van der Waals surface area contributed by atoms with Gasteiger partial charge in [0.15, 0.2) is 0 Å². The molecule has 3 aliphatic rings. The Morgan fingerprint density at radius 1 is 1.03 bits per heavy atom. The highest BCUT2D eigenvalue weighted by Crippen LogP contribution is 2.47. The number of rotatable bonds is 8. The van der Waals surface area contributed by atoms with Gasteiger partial charge in [-0.2, -0.15) is 13.2 Å². The van der Waals surface area contributed by atoms with Gasteiger partial charge in [0.25, 0.3) is 0 Å². The minimum atomic E-state index is -4.37. The number of hydrogen-bond acceptors (Lipinski definition) is 5. The molecular weight excluding hydrogens is 493 g/mol. The Kier molecular flexibility index (Phi) is 8.46. The molecule has 2 atom stereocenters. The van der Waals surface area contributed by atoms with E-state index in [0.717, 1.165) is 42.4 Å². The van der Waals surface area contributed by atoms with Gasteiger partial charge >= 0.3 is 6.18 Å². The van der Waals surface area contributed by atoms with Crippen molar-refractivity contribution in [2.75, 3.05) is 42.9 Å². The van der Waals surface area contributed by atoms with E-state index in [4.69, 9.17) is 5.73 Å². The minimum absolute atomic E-state index is 0. The van der Waals surface area contributed by atoms with Crippen LogP contribution < -0.4 is 21.3 Å². The number of nitrogens with two attached hydrogens (primary N) is 1. The third-order valence-electron chi connectivity index (χ3n) is 7.43. The highest BCUT2D eigenvalue weighted by atomic mass is 35.5. The normalized spacial score (nSPS) is 20.7. The van der Waals surface area contributed by atoms with Crippen LogP contribution in [0, 0.1) is 5.92 Å². The summed E-state index contributed by atoms with van der Waals surface area (Å²) in [6.07, 6.45) is 2.23. The monoisotopic (exact) mass is 526 g/mol. The average Bonchev–Trinajstić information content (AvgIpc) is 3.43. The van der Waals surface area contributed by atoms with Crippen LogP contribution in [0.1, 0.15) is 48.8 Å². The average molecular weight is 527 g/mol. The molecule has 5 rings (SSSR count). The number of benzene rings is 2. The third-order valence-corrected chi connectivity index (χ3v) is 8.62. The second kappa shape index (κ2) is 11.2. The third kappa shape index (κ3) is 5.71. The molecule has 2 heterocycles. The van der Waals surface area contributed by atoms with E-state index < -0.39 is 11.7 Å². The zero-order valence-electron chi connectivity index (χ0n) is 19.8. The van der Waals surface area contributed by atoms with Gasteiger partial charge in [-0.25, -0.2) is 0 Å². The molecule has 2 fully saturated rings. The van der Waals surface area contributed by atoms with Crippen LogP contribution in [0.4, 0.5) is 24.5 Å². The molecule has 9 heteroatoms. The SMILES string of the molecule is Cl.NCCNCCCNc1cc(C(F)(F)F)cc2c1Cc1ccc(N3CCC4CCCC43)cc1S2. The van der Waals surface area contributed by atoms with Gasteiger partial charge in [0.2, 0.25) is 0 Å². The number of fused-ring (bicyclic) bond motifs is 3. The van der Waals surface area contributed by atoms with Crippen molar-refractivity contribution in [3.05, 3.63) is 47.0 Å². The number of nitrogens with zero attached hydrogens (tertiary/aromatic N) is 1. The molecule has 4 N–H and O–H groups in total. The van der Waals surface area contributed by atoms with E-state index in [1.54, 1.807) is 0 Å². The van der Waals surface area contributed by atoms with Crippen molar-refractivity contribution in [1.29, 1.82) is 0 Å². The van der Waals surface area contributed by atoms with Crippen LogP contribution in [0.3, 0.4) is 0 Å². The molecule has 0 bridgehead atoms. The van der Waals surface area contributed by atoms with E-state index in [1.165, 1.54) is 60.8 Å². The topological polar surface area (TPSA) is 53.3 Å². The van der Waals surface area contributed by atoms with Crippen LogP contribution in [0.25, 0.3) is 0 Å². The van der Waals surface area contributed by atoms with Gasteiger partial charge in [0, 0.05) is 59.8 Å². The number of hydrogen-bond donors (Lipinski definition) is 3. The van der Waals surface area contributed by atoms with E-state index in [9.17, 15) is 13.2 Å². The molecule has 0 aromatic heterocycles. The quantitative estimate of drug-likeness (QED) is 0.318. The van der Waals surface area contributed by atoms with Crippen molar-refractivity contribution < 1.29 is 13.2 Å². The summed E-state index contributed by atoms with van der Waals surface area (Å²) in [4.78, 5) is 4.33. The van der Waals surface area contributed by atoms with Crippen LogP contribution in [-0.2, 0) is 12.6 Å². The summed E-state index contributed by atoms with van der Waals surface area (Å²) in [7, 11) is 0. The predicted molar refractivity (Wildman–Crippen MR) is 140 cm³/mol. The summed E-state index contributed by atoms with van der Waals surface area (Å²) in [5.41, 5.74) is 8.87. The first-order valence-corrected chi connectivity index (χ1v) is 13.2. The Balaban J connectivity index is 0.00000289. The van der Waals surface area contributed by atoms with Crippen LogP contribution >= 0.6 is 24.2 Å². The maximum absolute atomic E-state index is 13.7. The Morgan fingerprint density at radius 3 is 2.69 bits per heavy atom. The molecule has 192 valence electrons. The van der Waals surface area contributed by atoms with Gasteiger partial charge in [0.1, 0.15) is 0 Å². The summed E-state index contributed by atoms with van der Waals surface area (Å²) in [5, 5.41) is 6.50. The van der Waals surface area contributed by atoms with E-state index in [-0.39, 0.29) is 12.4 Å². The number of anilines is 2. The maximum atomic E-state index is 13.7. The molecule has 0 spiro atoms. The number of halogens is 4. The molecule has 0 amide bonds. The lowest BCUT2D eigenvalue weighted by Gasteiger charge is -2.29. The zero-order chi connectivity index (χ0) is 23.7. The molecule has 0 radical (unpaired) electrons. The van der Waals surface area contributed by atoms with Crippen LogP contribution in [0.5, 0.6) is 0 Å². The van der Waals surface area contributed by atoms with Crippen LogP contribution in [0.2, 0.25) is 0 Å². The second-order valence-corrected chi connectivity index (χ2v) is 10.7. The van der Waals surface area contributed by atoms with Gasteiger partial charge in [-0.15, -0.1) is 12.4 Å². The van der Waals surface area contributed by atoms with Crippen LogP contribution in [-0.4, -0.2) is 38.8 Å². The maximum Gasteiger partial charge on any atom is 0.416 e. The molecule has 2 unspecified atom stereocenters. The van der Waals surface area contributed by atoms with Crippen molar-refractivity contribution in [1.82, 2.24) is 5.32 Å². The van der Waals surface area contributed by atoms with E-state index in [1.807, 2.05) is 0 Å². The van der Waals surface area contributed by atoms with Crippen molar-refractivity contribution in [3.63, 3.8) is 0 Å². The van der Waals surface area contributed by atoms with Gasteiger partial charge in [0.05, 0.1) is 5.56 Å². The Labute approximate surface area is 216 Å². The summed E-state index contributed by atoms with van der Waals surface area (Å²) in [5.74, 6) is 0.804. The molecule has 2 aromatic carbocycles. The fraction of sp³-hybridized carbons (Fsp3) is 0.538. The van der Waals surface area contributed by atoms with Crippen molar-refractivity contribution in [2.24, 2.45) is 11.7 Å². The molecule has 2 aliphatic heterocycles. The first-order valence-electron chi connectivity index (χ1n) is 12.4. The fourth-order valence-electron chi connectivity index (χ4n) is 5.73. The molecule has 1 aliphatic carbocycles. The fourth-order valence-corrected chi connectivity index (χ4v) is 6.91. The molecule has 35 heavy (non-hydrogen) atoms. The summed E-state index contributed by atoms with van der Waals surface area (Å²) in [6.45, 7) is 3.80. The standard InChI is InChI=1S/C26H33F3N4S.ClH/c27-26(28,29)19-14-22(32-10-2-9-31-11-8-30)21-13-18-5-6-20(16-24(18)34-25(21)15-19)33-12-7-17-3-1-4-23(17)33;/h5-6,14-17,23,31-32H,1-4,7-13,30H2;1H. The second-order valence-electron chi connectivity index (χ2n) is 9.63. The smallest absolute Gasteiger partial charge is 0.385 e. The lowest BCUT2D eigenvalue weighted by atomic mass is 9.99. The Morgan fingerprint density at radius 2 is 1.89 bits per heavy atom.